The lowest BCUT2D eigenvalue weighted by Gasteiger charge is -2.36. The minimum Gasteiger partial charge on any atom is -0.354 e. The fourth-order valence-electron chi connectivity index (χ4n) is 3.06. The van der Waals surface area contributed by atoms with Gasteiger partial charge in [-0.15, -0.1) is 0 Å². The third-order valence-electron chi connectivity index (χ3n) is 4.05. The molecule has 0 unspecified atom stereocenters. The minimum absolute atomic E-state index is 0.0235. The van der Waals surface area contributed by atoms with E-state index in [2.05, 4.69) is 15.3 Å². The first-order valence-electron chi connectivity index (χ1n) is 6.76. The number of anilines is 1. The molecule has 19 heavy (non-hydrogen) atoms. The molecule has 2 atom stereocenters. The topological polar surface area (TPSA) is 58.1 Å². The molecule has 0 aliphatic carbocycles. The van der Waals surface area contributed by atoms with Gasteiger partial charge in [0.2, 0.25) is 5.91 Å². The zero-order valence-corrected chi connectivity index (χ0v) is 10.9. The van der Waals surface area contributed by atoms with Crippen molar-refractivity contribution >= 4 is 11.7 Å². The fraction of sp³-hybridized carbons (Fsp3) is 0.615. The molecule has 5 nitrogen and oxygen atoms in total. The van der Waals surface area contributed by atoms with Crippen LogP contribution in [0.3, 0.4) is 0 Å². The van der Waals surface area contributed by atoms with Crippen molar-refractivity contribution in [3.8, 4) is 0 Å². The van der Waals surface area contributed by atoms with E-state index in [1.165, 1.54) is 6.33 Å². The molecule has 2 fully saturated rings. The number of nitrogens with zero attached hydrogens (tertiary/aromatic N) is 3. The maximum absolute atomic E-state index is 14.3. The monoisotopic (exact) mass is 264 g/mol. The van der Waals surface area contributed by atoms with Gasteiger partial charge in [0.15, 0.2) is 11.6 Å². The minimum atomic E-state index is -0.343. The highest BCUT2D eigenvalue weighted by Gasteiger charge is 2.42. The Kier molecular flexibility index (Phi) is 3.08. The molecule has 2 aliphatic heterocycles. The van der Waals surface area contributed by atoms with E-state index in [1.807, 2.05) is 11.8 Å². The number of carbonyl (C=O) groups excluding carboxylic acids is 1. The van der Waals surface area contributed by atoms with Crippen molar-refractivity contribution < 1.29 is 9.18 Å². The van der Waals surface area contributed by atoms with Gasteiger partial charge in [0.05, 0.1) is 17.7 Å². The zero-order chi connectivity index (χ0) is 13.4. The first kappa shape index (κ1) is 12.3. The molecule has 1 aromatic rings. The van der Waals surface area contributed by atoms with Crippen LogP contribution in [0.2, 0.25) is 0 Å². The van der Waals surface area contributed by atoms with E-state index in [9.17, 15) is 9.18 Å². The zero-order valence-electron chi connectivity index (χ0n) is 10.9. The summed E-state index contributed by atoms with van der Waals surface area (Å²) >= 11 is 0. The Hall–Kier alpha value is -1.72. The first-order valence-corrected chi connectivity index (χ1v) is 6.76. The lowest BCUT2D eigenvalue weighted by Crippen LogP contribution is -2.46. The number of amides is 1. The Balaban J connectivity index is 1.95. The van der Waals surface area contributed by atoms with Crippen LogP contribution in [-0.4, -0.2) is 35.0 Å². The van der Waals surface area contributed by atoms with Gasteiger partial charge in [-0.1, -0.05) is 6.92 Å². The van der Waals surface area contributed by atoms with Crippen LogP contribution >= 0.6 is 0 Å². The number of rotatable bonds is 2. The molecule has 2 saturated heterocycles. The van der Waals surface area contributed by atoms with E-state index in [4.69, 9.17) is 0 Å². The highest BCUT2D eigenvalue weighted by Crippen LogP contribution is 2.32. The van der Waals surface area contributed by atoms with Gasteiger partial charge in [0, 0.05) is 13.1 Å². The number of piperidine rings is 1. The molecule has 1 amide bonds. The predicted octanol–water partition coefficient (Wildman–Crippen LogP) is 0.893. The first-order chi connectivity index (χ1) is 9.22. The summed E-state index contributed by atoms with van der Waals surface area (Å²) in [5.41, 5.74) is 0.435. The van der Waals surface area contributed by atoms with Crippen LogP contribution in [0.5, 0.6) is 0 Å². The Morgan fingerprint density at radius 2 is 2.37 bits per heavy atom. The second-order valence-electron chi connectivity index (χ2n) is 5.07. The summed E-state index contributed by atoms with van der Waals surface area (Å²) in [5.74, 6) is 0.0520. The Labute approximate surface area is 111 Å². The van der Waals surface area contributed by atoms with Crippen molar-refractivity contribution in [1.29, 1.82) is 0 Å². The number of aromatic nitrogens is 2. The molecular formula is C13H17FN4O. The van der Waals surface area contributed by atoms with Crippen LogP contribution in [-0.2, 0) is 11.2 Å². The molecule has 0 aromatic carbocycles. The van der Waals surface area contributed by atoms with E-state index in [-0.39, 0.29) is 23.7 Å². The number of halogens is 1. The maximum atomic E-state index is 14.3. The smallest absolute Gasteiger partial charge is 0.225 e. The Bertz CT molecular complexity index is 507. The molecule has 3 rings (SSSR count). The van der Waals surface area contributed by atoms with Gasteiger partial charge in [0.25, 0.3) is 0 Å². The average molecular weight is 264 g/mol. The summed E-state index contributed by atoms with van der Waals surface area (Å²) in [4.78, 5) is 21.7. The second kappa shape index (κ2) is 4.75. The van der Waals surface area contributed by atoms with Crippen LogP contribution in [0, 0.1) is 11.7 Å². The second-order valence-corrected chi connectivity index (χ2v) is 5.07. The van der Waals surface area contributed by atoms with Gasteiger partial charge >= 0.3 is 0 Å². The van der Waals surface area contributed by atoms with E-state index in [1.54, 1.807) is 0 Å². The SMILES string of the molecule is CCc1ncnc(N2CCC[C@H]3C(=O)NC[C@H]32)c1F. The van der Waals surface area contributed by atoms with Gasteiger partial charge in [-0.25, -0.2) is 14.4 Å². The average Bonchev–Trinajstić information content (AvgIpc) is 2.81. The highest BCUT2D eigenvalue weighted by molar-refractivity contribution is 5.83. The summed E-state index contributed by atoms with van der Waals surface area (Å²) in [7, 11) is 0. The van der Waals surface area contributed by atoms with E-state index in [0.29, 0.717) is 24.5 Å². The summed E-state index contributed by atoms with van der Waals surface area (Å²) in [5, 5.41) is 2.86. The van der Waals surface area contributed by atoms with Crippen LogP contribution in [0.1, 0.15) is 25.5 Å². The molecule has 3 heterocycles. The molecule has 6 heteroatoms. The molecule has 2 aliphatic rings. The summed E-state index contributed by atoms with van der Waals surface area (Å²) in [6.07, 6.45) is 3.71. The summed E-state index contributed by atoms with van der Waals surface area (Å²) in [6.45, 7) is 3.19. The molecule has 1 aromatic heterocycles. The van der Waals surface area contributed by atoms with Gasteiger partial charge in [0.1, 0.15) is 6.33 Å². The van der Waals surface area contributed by atoms with Gasteiger partial charge in [-0.3, -0.25) is 4.79 Å². The van der Waals surface area contributed by atoms with E-state index >= 15 is 0 Å². The van der Waals surface area contributed by atoms with Gasteiger partial charge < -0.3 is 10.2 Å². The Morgan fingerprint density at radius 3 is 3.16 bits per heavy atom. The van der Waals surface area contributed by atoms with Crippen molar-refractivity contribution in [3.05, 3.63) is 17.8 Å². The maximum Gasteiger partial charge on any atom is 0.225 e. The van der Waals surface area contributed by atoms with Crippen LogP contribution in [0.4, 0.5) is 10.2 Å². The molecule has 1 N–H and O–H groups in total. The number of hydrogen-bond acceptors (Lipinski definition) is 4. The lowest BCUT2D eigenvalue weighted by atomic mass is 9.91. The van der Waals surface area contributed by atoms with Crippen LogP contribution in [0.15, 0.2) is 6.33 Å². The van der Waals surface area contributed by atoms with E-state index < -0.39 is 0 Å². The standard InChI is InChI=1S/C13H17FN4O/c1-2-9-11(14)12(17-7-16-9)18-5-3-4-8-10(18)6-15-13(8)19/h7-8,10H,2-6H2,1H3,(H,15,19)/t8-,10-/m1/s1. The normalized spacial score (nSPS) is 26.2. The third-order valence-corrected chi connectivity index (χ3v) is 4.05. The third kappa shape index (κ3) is 1.95. The number of carbonyl (C=O) groups is 1. The number of aryl methyl sites for hydroxylation is 1. The van der Waals surface area contributed by atoms with Gasteiger partial charge in [-0.05, 0) is 19.3 Å². The van der Waals surface area contributed by atoms with Crippen LogP contribution in [0.25, 0.3) is 0 Å². The van der Waals surface area contributed by atoms with Crippen molar-refractivity contribution in [2.45, 2.75) is 32.2 Å². The van der Waals surface area contributed by atoms with Gasteiger partial charge in [-0.2, -0.15) is 0 Å². The van der Waals surface area contributed by atoms with Crippen molar-refractivity contribution in [3.63, 3.8) is 0 Å². The molecule has 102 valence electrons. The van der Waals surface area contributed by atoms with E-state index in [0.717, 1.165) is 19.4 Å². The number of nitrogens with one attached hydrogen (secondary N) is 1. The summed E-state index contributed by atoms with van der Waals surface area (Å²) < 4.78 is 14.3. The largest absolute Gasteiger partial charge is 0.354 e. The van der Waals surface area contributed by atoms with Crippen LogP contribution < -0.4 is 10.2 Å². The lowest BCUT2D eigenvalue weighted by molar-refractivity contribution is -0.123. The molecule has 0 radical (unpaired) electrons. The molecular weight excluding hydrogens is 247 g/mol. The number of hydrogen-bond donors (Lipinski definition) is 1. The quantitative estimate of drug-likeness (QED) is 0.862. The van der Waals surface area contributed by atoms with Crippen molar-refractivity contribution in [2.24, 2.45) is 5.92 Å². The number of fused-ring (bicyclic) bond motifs is 1. The summed E-state index contributed by atoms with van der Waals surface area (Å²) in [6, 6.07) is 0.0235. The predicted molar refractivity (Wildman–Crippen MR) is 68.2 cm³/mol. The molecule has 0 bridgehead atoms. The fourth-order valence-corrected chi connectivity index (χ4v) is 3.06. The Morgan fingerprint density at radius 1 is 1.53 bits per heavy atom. The van der Waals surface area contributed by atoms with Crippen molar-refractivity contribution in [1.82, 2.24) is 15.3 Å². The van der Waals surface area contributed by atoms with Crippen molar-refractivity contribution in [2.75, 3.05) is 18.0 Å². The highest BCUT2D eigenvalue weighted by atomic mass is 19.1. The molecule has 0 saturated carbocycles. The molecule has 0 spiro atoms.